The van der Waals surface area contributed by atoms with Gasteiger partial charge in [-0.25, -0.2) is 13.1 Å². The van der Waals surface area contributed by atoms with E-state index in [9.17, 15) is 8.42 Å². The number of nitrogens with two attached hydrogens (primary N) is 1. The largest absolute Gasteiger partial charge is 0.338 e. The molecule has 1 aromatic carbocycles. The maximum Gasteiger partial charge on any atom is 0.241 e. The van der Waals surface area contributed by atoms with E-state index in [1.165, 1.54) is 0 Å². The molecule has 3 N–H and O–H groups in total. The maximum atomic E-state index is 12.2. The molecule has 1 aromatic heterocycles. The number of rotatable bonds is 6. The lowest BCUT2D eigenvalue weighted by atomic mass is 10.1. The number of aryl methyl sites for hydroxylation is 2. The minimum Gasteiger partial charge on any atom is -0.338 e. The molecule has 21 heavy (non-hydrogen) atoms. The maximum absolute atomic E-state index is 12.2. The first-order valence-electron chi connectivity index (χ1n) is 6.57. The van der Waals surface area contributed by atoms with Crippen LogP contribution in [0.5, 0.6) is 0 Å². The highest BCUT2D eigenvalue weighted by Gasteiger charge is 2.16. The van der Waals surface area contributed by atoms with Crippen LogP contribution in [0.4, 0.5) is 0 Å². The molecular weight excluding hydrogens is 292 g/mol. The van der Waals surface area contributed by atoms with Crippen molar-refractivity contribution in [3.63, 3.8) is 0 Å². The van der Waals surface area contributed by atoms with E-state index in [0.717, 1.165) is 17.5 Å². The fraction of sp³-hybridized carbons (Fsp3) is 0.385. The molecule has 0 unspecified atom stereocenters. The topological polar surface area (TPSA) is 111 Å². The molecular formula is C13H18N4O3S. The molecule has 0 radical (unpaired) electrons. The van der Waals surface area contributed by atoms with Crippen molar-refractivity contribution in [1.29, 1.82) is 0 Å². The summed E-state index contributed by atoms with van der Waals surface area (Å²) in [6.45, 7) is 3.92. The van der Waals surface area contributed by atoms with E-state index < -0.39 is 10.0 Å². The van der Waals surface area contributed by atoms with Crippen LogP contribution in [-0.4, -0.2) is 18.6 Å². The van der Waals surface area contributed by atoms with Crippen LogP contribution < -0.4 is 10.5 Å². The number of hydrogen-bond donors (Lipinski definition) is 2. The summed E-state index contributed by atoms with van der Waals surface area (Å²) in [6.07, 6.45) is 0.807. The van der Waals surface area contributed by atoms with Crippen LogP contribution >= 0.6 is 0 Å². The molecule has 0 amide bonds. The van der Waals surface area contributed by atoms with Crippen LogP contribution in [0, 0.1) is 6.92 Å². The number of sulfonamides is 1. The number of benzene rings is 1. The monoisotopic (exact) mass is 310 g/mol. The summed E-state index contributed by atoms with van der Waals surface area (Å²) in [5.74, 6) is 0.683. The molecule has 0 aliphatic carbocycles. The zero-order chi connectivity index (χ0) is 15.5. The Balaban J connectivity index is 2.19. The summed E-state index contributed by atoms with van der Waals surface area (Å²) in [7, 11) is -3.64. The fourth-order valence-corrected chi connectivity index (χ4v) is 2.98. The van der Waals surface area contributed by atoms with Gasteiger partial charge in [0.05, 0.1) is 11.4 Å². The quantitative estimate of drug-likeness (QED) is 0.819. The SMILES string of the molecule is CCc1ccc(S(=O)(=O)NCc2nc(C)no2)cc1CN. The van der Waals surface area contributed by atoms with Crippen molar-refractivity contribution in [2.24, 2.45) is 5.73 Å². The zero-order valence-corrected chi connectivity index (χ0v) is 12.8. The highest BCUT2D eigenvalue weighted by Crippen LogP contribution is 2.16. The molecule has 0 fully saturated rings. The van der Waals surface area contributed by atoms with Gasteiger partial charge in [-0.05, 0) is 36.6 Å². The first-order valence-corrected chi connectivity index (χ1v) is 8.05. The van der Waals surface area contributed by atoms with Gasteiger partial charge in [0.1, 0.15) is 0 Å². The van der Waals surface area contributed by atoms with Crippen molar-refractivity contribution in [3.05, 3.63) is 41.0 Å². The summed E-state index contributed by atoms with van der Waals surface area (Å²) in [4.78, 5) is 4.12. The van der Waals surface area contributed by atoms with Gasteiger partial charge in [-0.1, -0.05) is 18.1 Å². The third-order valence-corrected chi connectivity index (χ3v) is 4.47. The first-order chi connectivity index (χ1) is 9.96. The minimum atomic E-state index is -3.64. The highest BCUT2D eigenvalue weighted by atomic mass is 32.2. The van der Waals surface area contributed by atoms with E-state index in [4.69, 9.17) is 10.3 Å². The van der Waals surface area contributed by atoms with E-state index in [2.05, 4.69) is 14.9 Å². The van der Waals surface area contributed by atoms with Gasteiger partial charge in [-0.2, -0.15) is 4.98 Å². The van der Waals surface area contributed by atoms with Gasteiger partial charge in [-0.15, -0.1) is 0 Å². The number of hydrogen-bond acceptors (Lipinski definition) is 6. The Hall–Kier alpha value is -1.77. The molecule has 8 heteroatoms. The van der Waals surface area contributed by atoms with E-state index in [1.54, 1.807) is 25.1 Å². The molecule has 1 heterocycles. The van der Waals surface area contributed by atoms with Gasteiger partial charge in [-0.3, -0.25) is 0 Å². The average molecular weight is 310 g/mol. The molecule has 7 nitrogen and oxygen atoms in total. The molecule has 2 aromatic rings. The van der Waals surface area contributed by atoms with Gasteiger partial charge in [0.2, 0.25) is 15.9 Å². The molecule has 0 spiro atoms. The zero-order valence-electron chi connectivity index (χ0n) is 12.0. The van der Waals surface area contributed by atoms with Crippen molar-refractivity contribution in [1.82, 2.24) is 14.9 Å². The minimum absolute atomic E-state index is 0.0450. The third-order valence-electron chi connectivity index (χ3n) is 3.07. The van der Waals surface area contributed by atoms with Crippen LogP contribution in [0.2, 0.25) is 0 Å². The van der Waals surface area contributed by atoms with Gasteiger partial charge in [0.25, 0.3) is 0 Å². The fourth-order valence-electron chi connectivity index (χ4n) is 1.96. The van der Waals surface area contributed by atoms with Crippen LogP contribution in [0.25, 0.3) is 0 Å². The lowest BCUT2D eigenvalue weighted by Crippen LogP contribution is -2.23. The Morgan fingerprint density at radius 2 is 2.10 bits per heavy atom. The van der Waals surface area contributed by atoms with E-state index in [-0.39, 0.29) is 17.3 Å². The normalized spacial score (nSPS) is 11.8. The van der Waals surface area contributed by atoms with E-state index in [0.29, 0.717) is 12.4 Å². The first kappa shape index (κ1) is 15.6. The highest BCUT2D eigenvalue weighted by molar-refractivity contribution is 7.89. The number of aromatic nitrogens is 2. The molecule has 0 saturated heterocycles. The molecule has 0 saturated carbocycles. The summed E-state index contributed by atoms with van der Waals surface area (Å²) in [5.41, 5.74) is 7.53. The molecule has 114 valence electrons. The molecule has 0 aliphatic heterocycles. The number of nitrogens with zero attached hydrogens (tertiary/aromatic N) is 2. The Kier molecular flexibility index (Phi) is 4.71. The molecule has 0 atom stereocenters. The Morgan fingerprint density at radius 1 is 1.33 bits per heavy atom. The standard InChI is InChI=1S/C13H18N4O3S/c1-3-10-4-5-12(6-11(10)7-14)21(18,19)15-8-13-16-9(2)17-20-13/h4-6,15H,3,7-8,14H2,1-2H3. The van der Waals surface area contributed by atoms with Crippen molar-refractivity contribution < 1.29 is 12.9 Å². The predicted molar refractivity (Wildman–Crippen MR) is 76.8 cm³/mol. The summed E-state index contributed by atoms with van der Waals surface area (Å²) in [5, 5.41) is 3.60. The summed E-state index contributed by atoms with van der Waals surface area (Å²) < 4.78 is 31.8. The van der Waals surface area contributed by atoms with Gasteiger partial charge >= 0.3 is 0 Å². The predicted octanol–water partition coefficient (Wildman–Crippen LogP) is 0.878. The second-order valence-corrected chi connectivity index (χ2v) is 6.32. The Bertz CT molecular complexity index is 725. The molecule has 2 rings (SSSR count). The molecule has 0 bridgehead atoms. The van der Waals surface area contributed by atoms with Crippen LogP contribution in [-0.2, 0) is 29.5 Å². The lowest BCUT2D eigenvalue weighted by molar-refractivity contribution is 0.372. The van der Waals surface area contributed by atoms with Gasteiger partial charge in [0, 0.05) is 6.54 Å². The van der Waals surface area contributed by atoms with Crippen molar-refractivity contribution in [2.45, 2.75) is 38.3 Å². The Morgan fingerprint density at radius 3 is 2.67 bits per heavy atom. The smallest absolute Gasteiger partial charge is 0.241 e. The summed E-state index contributed by atoms with van der Waals surface area (Å²) >= 11 is 0. The van der Waals surface area contributed by atoms with Gasteiger partial charge in [0.15, 0.2) is 5.82 Å². The van der Waals surface area contributed by atoms with E-state index in [1.807, 2.05) is 6.92 Å². The average Bonchev–Trinajstić information content (AvgIpc) is 2.90. The van der Waals surface area contributed by atoms with Gasteiger partial charge < -0.3 is 10.3 Å². The van der Waals surface area contributed by atoms with Crippen molar-refractivity contribution in [3.8, 4) is 0 Å². The van der Waals surface area contributed by atoms with E-state index >= 15 is 0 Å². The Labute approximate surface area is 123 Å². The second kappa shape index (κ2) is 6.33. The lowest BCUT2D eigenvalue weighted by Gasteiger charge is -2.09. The molecule has 0 aliphatic rings. The van der Waals surface area contributed by atoms with Crippen LogP contribution in [0.3, 0.4) is 0 Å². The number of nitrogens with one attached hydrogen (secondary N) is 1. The summed E-state index contributed by atoms with van der Waals surface area (Å²) in [6, 6.07) is 4.95. The van der Waals surface area contributed by atoms with Crippen LogP contribution in [0.15, 0.2) is 27.6 Å². The van der Waals surface area contributed by atoms with Crippen LogP contribution in [0.1, 0.15) is 29.8 Å². The third kappa shape index (κ3) is 3.66. The van der Waals surface area contributed by atoms with Crippen molar-refractivity contribution in [2.75, 3.05) is 0 Å². The van der Waals surface area contributed by atoms with Crippen molar-refractivity contribution >= 4 is 10.0 Å². The second-order valence-electron chi connectivity index (χ2n) is 4.55.